The monoisotopic (exact) mass is 448 g/mol. The number of anilines is 1. The second-order valence-electron chi connectivity index (χ2n) is 9.43. The molecule has 2 bridgehead atoms. The van der Waals surface area contributed by atoms with Crippen molar-refractivity contribution in [3.05, 3.63) is 36.0 Å². The number of hydrogen-bond donors (Lipinski definition) is 3. The zero-order valence-electron chi connectivity index (χ0n) is 18.5. The van der Waals surface area contributed by atoms with Gasteiger partial charge in [-0.2, -0.15) is 0 Å². The Morgan fingerprint density at radius 2 is 2.00 bits per heavy atom. The lowest BCUT2D eigenvalue weighted by atomic mass is 9.61. The first-order chi connectivity index (χ1) is 15.9. The molecule has 0 radical (unpaired) electrons. The highest BCUT2D eigenvalue weighted by Gasteiger charge is 2.47. The van der Waals surface area contributed by atoms with Gasteiger partial charge in [-0.3, -0.25) is 4.79 Å². The molecule has 7 rings (SSSR count). The van der Waals surface area contributed by atoms with Crippen molar-refractivity contribution < 1.29 is 14.3 Å². The van der Waals surface area contributed by atoms with Crippen molar-refractivity contribution in [1.29, 1.82) is 0 Å². The molecule has 2 atom stereocenters. The van der Waals surface area contributed by atoms with E-state index in [1.54, 1.807) is 13.1 Å². The zero-order chi connectivity index (χ0) is 22.9. The Balaban J connectivity index is 1.50. The average Bonchev–Trinajstić information content (AvgIpc) is 3.41. The largest absolute Gasteiger partial charge is 0.481 e. The SMILES string of the molecule is Cc1c(F)cnc2[nH]cc(-c3nc(NC4C5CCC(CC5)C4C(=O)O)c4ccn(C)c4n3)c12. The minimum Gasteiger partial charge on any atom is -0.481 e. The molecular formula is C24H25FN6O2. The molecule has 3 fully saturated rings. The summed E-state index contributed by atoms with van der Waals surface area (Å²) in [5.41, 5.74) is 2.45. The van der Waals surface area contributed by atoms with Gasteiger partial charge in [-0.05, 0) is 56.1 Å². The molecule has 8 nitrogen and oxygen atoms in total. The second kappa shape index (κ2) is 7.26. The molecule has 4 heterocycles. The van der Waals surface area contributed by atoms with Gasteiger partial charge >= 0.3 is 5.97 Å². The Morgan fingerprint density at radius 3 is 2.76 bits per heavy atom. The smallest absolute Gasteiger partial charge is 0.308 e. The van der Waals surface area contributed by atoms with E-state index in [2.05, 4.69) is 15.3 Å². The summed E-state index contributed by atoms with van der Waals surface area (Å²) in [7, 11) is 1.91. The number of H-pyrrole nitrogens is 1. The number of carboxylic acid groups (broad SMARTS) is 1. The van der Waals surface area contributed by atoms with Crippen molar-refractivity contribution in [2.24, 2.45) is 24.8 Å². The number of aliphatic carboxylic acids is 1. The van der Waals surface area contributed by atoms with Crippen LogP contribution in [0.4, 0.5) is 10.2 Å². The minimum atomic E-state index is -0.741. The summed E-state index contributed by atoms with van der Waals surface area (Å²) in [6, 6.07) is 1.77. The quantitative estimate of drug-likeness (QED) is 0.430. The predicted octanol–water partition coefficient (Wildman–Crippen LogP) is 4.26. The fraction of sp³-hybridized carbons (Fsp3) is 0.417. The third kappa shape index (κ3) is 3.02. The Labute approximate surface area is 189 Å². The van der Waals surface area contributed by atoms with Crippen LogP contribution in [0.25, 0.3) is 33.5 Å². The molecule has 2 unspecified atom stereocenters. The minimum absolute atomic E-state index is 0.176. The fourth-order valence-corrected chi connectivity index (χ4v) is 5.95. The van der Waals surface area contributed by atoms with E-state index in [9.17, 15) is 14.3 Å². The summed E-state index contributed by atoms with van der Waals surface area (Å²) in [5, 5.41) is 15.0. The Bertz CT molecular complexity index is 1400. The lowest BCUT2D eigenvalue weighted by molar-refractivity contribution is -0.148. The van der Waals surface area contributed by atoms with Crippen LogP contribution in [0.3, 0.4) is 0 Å². The highest BCUT2D eigenvalue weighted by atomic mass is 19.1. The average molecular weight is 449 g/mol. The number of carbonyl (C=O) groups is 1. The highest BCUT2D eigenvalue weighted by molar-refractivity contribution is 5.97. The van der Waals surface area contributed by atoms with Crippen LogP contribution in [0.1, 0.15) is 31.2 Å². The van der Waals surface area contributed by atoms with E-state index < -0.39 is 11.9 Å². The zero-order valence-corrected chi connectivity index (χ0v) is 18.5. The third-order valence-electron chi connectivity index (χ3n) is 7.67. The van der Waals surface area contributed by atoms with Crippen molar-refractivity contribution in [2.75, 3.05) is 5.32 Å². The van der Waals surface area contributed by atoms with Gasteiger partial charge in [0.15, 0.2) is 5.82 Å². The summed E-state index contributed by atoms with van der Waals surface area (Å²) in [4.78, 5) is 29.0. The molecular weight excluding hydrogens is 423 g/mol. The number of rotatable bonds is 4. The fourth-order valence-electron chi connectivity index (χ4n) is 5.95. The number of aromatic amines is 1. The number of pyridine rings is 1. The molecule has 0 amide bonds. The Hall–Kier alpha value is -3.49. The van der Waals surface area contributed by atoms with Crippen molar-refractivity contribution >= 4 is 33.9 Å². The number of nitrogens with zero attached hydrogens (tertiary/aromatic N) is 4. The Morgan fingerprint density at radius 1 is 1.24 bits per heavy atom. The summed E-state index contributed by atoms with van der Waals surface area (Å²) in [6.45, 7) is 1.72. The molecule has 33 heavy (non-hydrogen) atoms. The maximum Gasteiger partial charge on any atom is 0.308 e. The third-order valence-corrected chi connectivity index (χ3v) is 7.67. The molecule has 0 aliphatic heterocycles. The van der Waals surface area contributed by atoms with Crippen LogP contribution in [0, 0.1) is 30.5 Å². The maximum atomic E-state index is 14.3. The molecule has 3 saturated carbocycles. The first-order valence-corrected chi connectivity index (χ1v) is 11.4. The van der Waals surface area contributed by atoms with E-state index in [4.69, 9.17) is 9.97 Å². The van der Waals surface area contributed by atoms with Gasteiger partial charge < -0.3 is 20.0 Å². The summed E-state index contributed by atoms with van der Waals surface area (Å²) in [5.74, 6) is 0.0173. The number of hydrogen-bond acceptors (Lipinski definition) is 5. The van der Waals surface area contributed by atoms with Crippen molar-refractivity contribution in [2.45, 2.75) is 38.6 Å². The lowest BCUT2D eigenvalue weighted by Gasteiger charge is -2.47. The van der Waals surface area contributed by atoms with E-state index in [1.165, 1.54) is 6.20 Å². The van der Waals surface area contributed by atoms with E-state index in [-0.39, 0.29) is 17.8 Å². The predicted molar refractivity (Wildman–Crippen MR) is 122 cm³/mol. The second-order valence-corrected chi connectivity index (χ2v) is 9.43. The molecule has 4 aromatic heterocycles. The van der Waals surface area contributed by atoms with E-state index in [0.29, 0.717) is 39.7 Å². The van der Waals surface area contributed by atoms with Gasteiger partial charge in [0.05, 0.1) is 17.5 Å². The molecule has 4 aromatic rings. The van der Waals surface area contributed by atoms with Crippen LogP contribution in [0.15, 0.2) is 24.7 Å². The normalized spacial score (nSPS) is 24.6. The number of aromatic nitrogens is 5. The van der Waals surface area contributed by atoms with E-state index in [0.717, 1.165) is 36.7 Å². The molecule has 9 heteroatoms. The van der Waals surface area contributed by atoms with Crippen molar-refractivity contribution in [3.63, 3.8) is 0 Å². The summed E-state index contributed by atoms with van der Waals surface area (Å²) >= 11 is 0. The first-order valence-electron chi connectivity index (χ1n) is 11.4. The maximum absolute atomic E-state index is 14.3. The van der Waals surface area contributed by atoms with Gasteiger partial charge in [0.25, 0.3) is 0 Å². The molecule has 3 N–H and O–H groups in total. The molecule has 0 aromatic carbocycles. The Kier molecular flexibility index (Phi) is 4.43. The van der Waals surface area contributed by atoms with Crippen molar-refractivity contribution in [3.8, 4) is 11.4 Å². The van der Waals surface area contributed by atoms with Crippen LogP contribution in [0.2, 0.25) is 0 Å². The van der Waals surface area contributed by atoms with E-state index in [1.807, 2.05) is 23.9 Å². The topological polar surface area (TPSA) is 109 Å². The van der Waals surface area contributed by atoms with Crippen molar-refractivity contribution in [1.82, 2.24) is 24.5 Å². The van der Waals surface area contributed by atoms with Gasteiger partial charge in [-0.15, -0.1) is 0 Å². The number of nitrogens with one attached hydrogen (secondary N) is 2. The standard InChI is InChI=1S/C24H25FN6O2/c1-11-16(25)10-27-22-17(11)15(9-26-22)21-29-20(14-7-8-31(2)23(14)30-21)28-19-13-5-3-12(4-6-13)18(19)24(32)33/h7-10,12-13,18-19H,3-6H2,1-2H3,(H,26,27)(H,32,33)(H,28,29,30). The van der Waals surface area contributed by atoms with Gasteiger partial charge in [-0.1, -0.05) is 0 Å². The molecule has 0 saturated heterocycles. The molecule has 0 spiro atoms. The van der Waals surface area contributed by atoms with Gasteiger partial charge in [0, 0.05) is 36.4 Å². The van der Waals surface area contributed by atoms with Gasteiger partial charge in [0.1, 0.15) is 22.9 Å². The van der Waals surface area contributed by atoms with E-state index >= 15 is 0 Å². The highest BCUT2D eigenvalue weighted by Crippen LogP contribution is 2.46. The summed E-state index contributed by atoms with van der Waals surface area (Å²) < 4.78 is 16.2. The number of halogens is 1. The number of carboxylic acids is 1. The van der Waals surface area contributed by atoms with Crippen LogP contribution >= 0.6 is 0 Å². The number of fused-ring (bicyclic) bond motifs is 5. The van der Waals surface area contributed by atoms with Gasteiger partial charge in [0.2, 0.25) is 0 Å². The number of aryl methyl sites for hydroxylation is 2. The van der Waals surface area contributed by atoms with Gasteiger partial charge in [-0.25, -0.2) is 19.3 Å². The van der Waals surface area contributed by atoms with Crippen LogP contribution in [-0.2, 0) is 11.8 Å². The molecule has 170 valence electrons. The summed E-state index contributed by atoms with van der Waals surface area (Å²) in [6.07, 6.45) is 8.89. The molecule has 3 aliphatic rings. The van der Waals surface area contributed by atoms with Crippen LogP contribution in [0.5, 0.6) is 0 Å². The van der Waals surface area contributed by atoms with Crippen LogP contribution < -0.4 is 5.32 Å². The first kappa shape index (κ1) is 20.1. The van der Waals surface area contributed by atoms with Crippen LogP contribution in [-0.4, -0.2) is 41.6 Å². The lowest BCUT2D eigenvalue weighted by Crippen LogP contribution is -2.51. The molecule has 3 aliphatic carbocycles.